The van der Waals surface area contributed by atoms with Crippen molar-refractivity contribution >= 4 is 16.3 Å². The molecular weight excluding hydrogens is 282 g/mol. The molecule has 1 unspecified atom stereocenters. The Kier molecular flexibility index (Phi) is 4.99. The maximum Gasteiger partial charge on any atom is 0.234 e. The van der Waals surface area contributed by atoms with Crippen molar-refractivity contribution in [2.45, 2.75) is 59.8 Å². The second-order valence-electron chi connectivity index (χ2n) is 7.08. The van der Waals surface area contributed by atoms with Crippen molar-refractivity contribution in [1.82, 2.24) is 19.8 Å². The molecule has 0 aliphatic rings. The normalized spacial score (nSPS) is 14.2. The van der Waals surface area contributed by atoms with Gasteiger partial charge in [-0.15, -0.1) is 10.2 Å². The summed E-state index contributed by atoms with van der Waals surface area (Å²) in [5.74, 6) is 1.91. The molecule has 0 spiro atoms. The molecule has 0 fully saturated rings. The lowest BCUT2D eigenvalue weighted by atomic mass is 9.76. The van der Waals surface area contributed by atoms with Gasteiger partial charge in [0.1, 0.15) is 5.01 Å². The number of hydrogen-bond acceptors (Lipinski definition) is 5. The van der Waals surface area contributed by atoms with Crippen LogP contribution in [0.2, 0.25) is 0 Å². The van der Waals surface area contributed by atoms with Crippen LogP contribution in [0.25, 0.3) is 4.96 Å². The third kappa shape index (κ3) is 3.80. The SMILES string of the molecule is CC(C)c1nnc2sc(CCC(CCN)C(C)(C)C)nn12. The van der Waals surface area contributed by atoms with Crippen LogP contribution in [0.1, 0.15) is 64.2 Å². The first-order chi connectivity index (χ1) is 9.82. The summed E-state index contributed by atoms with van der Waals surface area (Å²) < 4.78 is 1.90. The van der Waals surface area contributed by atoms with Crippen LogP contribution in [-0.2, 0) is 6.42 Å². The highest BCUT2D eigenvalue weighted by atomic mass is 32.1. The average Bonchev–Trinajstić information content (AvgIpc) is 2.91. The van der Waals surface area contributed by atoms with Gasteiger partial charge in [0.05, 0.1) is 0 Å². The highest BCUT2D eigenvalue weighted by Gasteiger charge is 2.24. The summed E-state index contributed by atoms with van der Waals surface area (Å²) in [6.45, 7) is 11.9. The van der Waals surface area contributed by atoms with Crippen LogP contribution in [-0.4, -0.2) is 26.4 Å². The fourth-order valence-electron chi connectivity index (χ4n) is 2.64. The van der Waals surface area contributed by atoms with Crippen molar-refractivity contribution in [2.24, 2.45) is 17.1 Å². The van der Waals surface area contributed by atoms with Crippen LogP contribution in [0.3, 0.4) is 0 Å². The molecule has 2 heterocycles. The van der Waals surface area contributed by atoms with Crippen molar-refractivity contribution in [3.05, 3.63) is 10.8 Å². The van der Waals surface area contributed by atoms with E-state index < -0.39 is 0 Å². The van der Waals surface area contributed by atoms with E-state index in [-0.39, 0.29) is 0 Å². The van der Waals surface area contributed by atoms with Gasteiger partial charge >= 0.3 is 0 Å². The number of fused-ring (bicyclic) bond motifs is 1. The molecular formula is C15H27N5S. The van der Waals surface area contributed by atoms with Gasteiger partial charge in [0.25, 0.3) is 0 Å². The Hall–Kier alpha value is -1.01. The quantitative estimate of drug-likeness (QED) is 0.889. The first-order valence-electron chi connectivity index (χ1n) is 7.74. The average molecular weight is 309 g/mol. The second kappa shape index (κ2) is 6.40. The van der Waals surface area contributed by atoms with Gasteiger partial charge in [0.2, 0.25) is 4.96 Å². The summed E-state index contributed by atoms with van der Waals surface area (Å²) >= 11 is 1.65. The number of aromatic nitrogens is 4. The standard InChI is InChI=1S/C15H27N5S/c1-10(2)13-17-18-14-20(13)19-12(21-14)7-6-11(8-9-16)15(3,4)5/h10-11H,6-9,16H2,1-5H3. The third-order valence-corrected chi connectivity index (χ3v) is 4.98. The van der Waals surface area contributed by atoms with E-state index in [0.29, 0.717) is 17.3 Å². The lowest BCUT2D eigenvalue weighted by Gasteiger charge is -2.30. The van der Waals surface area contributed by atoms with E-state index in [1.54, 1.807) is 11.3 Å². The minimum absolute atomic E-state index is 0.293. The van der Waals surface area contributed by atoms with Crippen LogP contribution in [0, 0.1) is 11.3 Å². The first-order valence-corrected chi connectivity index (χ1v) is 8.55. The summed E-state index contributed by atoms with van der Waals surface area (Å²) in [6.07, 6.45) is 3.19. The first kappa shape index (κ1) is 16.4. The van der Waals surface area contributed by atoms with E-state index in [1.807, 2.05) is 4.52 Å². The largest absolute Gasteiger partial charge is 0.330 e. The van der Waals surface area contributed by atoms with Gasteiger partial charge in [-0.2, -0.15) is 9.61 Å². The summed E-state index contributed by atoms with van der Waals surface area (Å²) in [4.78, 5) is 0.903. The molecule has 2 aromatic heterocycles. The zero-order chi connectivity index (χ0) is 15.6. The van der Waals surface area contributed by atoms with Gasteiger partial charge in [-0.3, -0.25) is 0 Å². The topological polar surface area (TPSA) is 69.1 Å². The van der Waals surface area contributed by atoms with Gasteiger partial charge in [0, 0.05) is 12.3 Å². The molecule has 0 aliphatic heterocycles. The van der Waals surface area contributed by atoms with Crippen LogP contribution < -0.4 is 5.73 Å². The summed E-state index contributed by atoms with van der Waals surface area (Å²) in [6, 6.07) is 0. The third-order valence-electron chi connectivity index (χ3n) is 4.02. The number of nitrogens with zero attached hydrogens (tertiary/aromatic N) is 4. The molecule has 118 valence electrons. The predicted molar refractivity (Wildman–Crippen MR) is 87.7 cm³/mol. The number of hydrogen-bond donors (Lipinski definition) is 1. The van der Waals surface area contributed by atoms with Crippen molar-refractivity contribution in [1.29, 1.82) is 0 Å². The fourth-order valence-corrected chi connectivity index (χ4v) is 3.50. The fraction of sp³-hybridized carbons (Fsp3) is 0.800. The smallest absolute Gasteiger partial charge is 0.234 e. The van der Waals surface area contributed by atoms with Crippen molar-refractivity contribution in [2.75, 3.05) is 6.54 Å². The van der Waals surface area contributed by atoms with Crippen LogP contribution in [0.15, 0.2) is 0 Å². The Morgan fingerprint density at radius 2 is 1.90 bits per heavy atom. The summed E-state index contributed by atoms with van der Waals surface area (Å²) in [5, 5.41) is 14.3. The number of nitrogens with two attached hydrogens (primary N) is 1. The molecule has 0 amide bonds. The van der Waals surface area contributed by atoms with Gasteiger partial charge in [-0.1, -0.05) is 46.0 Å². The molecule has 5 nitrogen and oxygen atoms in total. The van der Waals surface area contributed by atoms with Crippen molar-refractivity contribution < 1.29 is 0 Å². The van der Waals surface area contributed by atoms with Gasteiger partial charge in [-0.05, 0) is 30.7 Å². The Balaban J connectivity index is 2.09. The minimum Gasteiger partial charge on any atom is -0.330 e. The van der Waals surface area contributed by atoms with Crippen molar-refractivity contribution in [3.8, 4) is 0 Å². The summed E-state index contributed by atoms with van der Waals surface area (Å²) in [5.41, 5.74) is 6.05. The molecule has 0 aliphatic carbocycles. The molecule has 2 N–H and O–H groups in total. The second-order valence-corrected chi connectivity index (χ2v) is 8.12. The van der Waals surface area contributed by atoms with Crippen LogP contribution >= 0.6 is 11.3 Å². The van der Waals surface area contributed by atoms with E-state index in [2.05, 4.69) is 49.9 Å². The molecule has 1 atom stereocenters. The Labute approximate surface area is 131 Å². The zero-order valence-corrected chi connectivity index (χ0v) is 14.6. The maximum absolute atomic E-state index is 5.76. The zero-order valence-electron chi connectivity index (χ0n) is 13.8. The van der Waals surface area contributed by atoms with E-state index in [1.165, 1.54) is 0 Å². The van der Waals surface area contributed by atoms with Crippen LogP contribution in [0.5, 0.6) is 0 Å². The van der Waals surface area contributed by atoms with Gasteiger partial charge in [0.15, 0.2) is 5.82 Å². The predicted octanol–water partition coefficient (Wildman–Crippen LogP) is 3.25. The number of rotatable bonds is 6. The molecule has 0 bridgehead atoms. The molecule has 0 aromatic carbocycles. The lowest BCUT2D eigenvalue weighted by molar-refractivity contribution is 0.215. The molecule has 0 radical (unpaired) electrons. The monoisotopic (exact) mass is 309 g/mol. The van der Waals surface area contributed by atoms with Crippen LogP contribution in [0.4, 0.5) is 0 Å². The molecule has 2 rings (SSSR count). The lowest BCUT2D eigenvalue weighted by Crippen LogP contribution is -2.24. The highest BCUT2D eigenvalue weighted by Crippen LogP contribution is 2.32. The van der Waals surface area contributed by atoms with E-state index in [0.717, 1.165) is 41.6 Å². The molecule has 2 aromatic rings. The Bertz CT molecular complexity index is 578. The molecule has 0 saturated carbocycles. The minimum atomic E-state index is 0.293. The van der Waals surface area contributed by atoms with Gasteiger partial charge in [-0.25, -0.2) is 0 Å². The maximum atomic E-state index is 5.76. The number of aryl methyl sites for hydroxylation is 1. The Morgan fingerprint density at radius 3 is 2.48 bits per heavy atom. The van der Waals surface area contributed by atoms with E-state index in [4.69, 9.17) is 5.73 Å². The molecule has 0 saturated heterocycles. The highest BCUT2D eigenvalue weighted by molar-refractivity contribution is 7.16. The molecule has 6 heteroatoms. The van der Waals surface area contributed by atoms with Gasteiger partial charge < -0.3 is 5.73 Å². The van der Waals surface area contributed by atoms with Crippen molar-refractivity contribution in [3.63, 3.8) is 0 Å². The van der Waals surface area contributed by atoms with E-state index in [9.17, 15) is 0 Å². The molecule has 21 heavy (non-hydrogen) atoms. The van der Waals surface area contributed by atoms with E-state index >= 15 is 0 Å². The Morgan fingerprint density at radius 1 is 1.19 bits per heavy atom. The summed E-state index contributed by atoms with van der Waals surface area (Å²) in [7, 11) is 0.